The van der Waals surface area contributed by atoms with Gasteiger partial charge in [0.05, 0.1) is 0 Å². The van der Waals surface area contributed by atoms with E-state index in [-0.39, 0.29) is 11.5 Å². The highest BCUT2D eigenvalue weighted by atomic mass is 32.2. The summed E-state index contributed by atoms with van der Waals surface area (Å²) in [6.07, 6.45) is 9.03. The number of thioether (sulfide) groups is 1. The molecule has 0 aromatic carbocycles. The molecule has 0 saturated carbocycles. The Morgan fingerprint density at radius 3 is 2.57 bits per heavy atom. The predicted octanol–water partition coefficient (Wildman–Crippen LogP) is 2.79. The molecule has 1 aromatic rings. The second kappa shape index (κ2) is 7.52. The van der Waals surface area contributed by atoms with E-state index < -0.39 is 0 Å². The van der Waals surface area contributed by atoms with Crippen LogP contribution in [0.5, 0.6) is 0 Å². The quantitative estimate of drug-likeness (QED) is 0.712. The highest BCUT2D eigenvalue weighted by Gasteiger charge is 2.43. The highest BCUT2D eigenvalue weighted by Crippen LogP contribution is 2.39. The van der Waals surface area contributed by atoms with E-state index in [2.05, 4.69) is 17.2 Å². The Bertz CT molecular complexity index is 802. The topological polar surface area (TPSA) is 45.6 Å². The van der Waals surface area contributed by atoms with E-state index in [0.29, 0.717) is 29.5 Å². The Labute approximate surface area is 171 Å². The maximum atomic E-state index is 13.3. The van der Waals surface area contributed by atoms with E-state index in [9.17, 15) is 9.59 Å². The molecule has 0 spiro atoms. The molecule has 5 rings (SSSR count). The number of fused-ring (bicyclic) bond motifs is 6. The molecule has 0 N–H and O–H groups in total. The number of aromatic nitrogens is 1. The zero-order chi connectivity index (χ0) is 19.3. The molecule has 3 fully saturated rings. The summed E-state index contributed by atoms with van der Waals surface area (Å²) in [6.45, 7) is 4.07. The van der Waals surface area contributed by atoms with Gasteiger partial charge < -0.3 is 14.4 Å². The molecule has 0 aliphatic carbocycles. The molecule has 0 radical (unpaired) electrons. The zero-order valence-corrected chi connectivity index (χ0v) is 17.6. The van der Waals surface area contributed by atoms with Gasteiger partial charge in [-0.1, -0.05) is 0 Å². The van der Waals surface area contributed by atoms with Gasteiger partial charge in [-0.2, -0.15) is 11.8 Å². The van der Waals surface area contributed by atoms with E-state index in [1.165, 1.54) is 18.6 Å². The second-order valence-corrected chi connectivity index (χ2v) is 10.2. The molecule has 1 amide bonds. The molecular formula is C22H31N3O2S. The van der Waals surface area contributed by atoms with E-state index in [4.69, 9.17) is 0 Å². The first kappa shape index (κ1) is 18.7. The van der Waals surface area contributed by atoms with Crippen LogP contribution in [0.4, 0.5) is 0 Å². The van der Waals surface area contributed by atoms with Crippen molar-refractivity contribution in [2.24, 2.45) is 5.92 Å². The lowest BCUT2D eigenvalue weighted by Crippen LogP contribution is -2.48. The summed E-state index contributed by atoms with van der Waals surface area (Å²) in [4.78, 5) is 31.0. The molecule has 2 atom stereocenters. The molecule has 5 nitrogen and oxygen atoms in total. The maximum Gasteiger partial charge on any atom is 0.263 e. The van der Waals surface area contributed by atoms with Crippen molar-refractivity contribution in [3.05, 3.63) is 33.7 Å². The van der Waals surface area contributed by atoms with Crippen LogP contribution in [0.3, 0.4) is 0 Å². The maximum absolute atomic E-state index is 13.3. The van der Waals surface area contributed by atoms with Crippen molar-refractivity contribution in [1.82, 2.24) is 14.4 Å². The number of piperidine rings is 1. The molecule has 4 aliphatic heterocycles. The molecule has 1 aromatic heterocycles. The molecular weight excluding hydrogens is 370 g/mol. The summed E-state index contributed by atoms with van der Waals surface area (Å²) < 4.78 is 1.95. The molecule has 3 saturated heterocycles. The van der Waals surface area contributed by atoms with Crippen LogP contribution in [0.2, 0.25) is 0 Å². The molecule has 5 heterocycles. The summed E-state index contributed by atoms with van der Waals surface area (Å²) >= 11 is 1.91. The first-order valence-corrected chi connectivity index (χ1v) is 12.3. The zero-order valence-electron chi connectivity index (χ0n) is 16.8. The molecule has 4 aliphatic rings. The molecule has 152 valence electrons. The van der Waals surface area contributed by atoms with Gasteiger partial charge in [0.2, 0.25) is 0 Å². The SMILES string of the molecule is CSCCCN1C[C@@H]2C[C@H](C1)c1ccc(C(=O)N3C4CCC3CC4)c(=O)n1C2. The Hall–Kier alpha value is -1.27. The number of pyridine rings is 1. The van der Waals surface area contributed by atoms with Crippen molar-refractivity contribution in [2.45, 2.75) is 63.1 Å². The van der Waals surface area contributed by atoms with Crippen molar-refractivity contribution in [1.29, 1.82) is 0 Å². The lowest BCUT2D eigenvalue weighted by atomic mass is 9.83. The monoisotopic (exact) mass is 401 g/mol. The third-order valence-electron chi connectivity index (χ3n) is 7.42. The third kappa shape index (κ3) is 3.13. The van der Waals surface area contributed by atoms with E-state index in [1.54, 1.807) is 0 Å². The van der Waals surface area contributed by atoms with Crippen LogP contribution in [-0.2, 0) is 6.54 Å². The van der Waals surface area contributed by atoms with Crippen molar-refractivity contribution in [3.63, 3.8) is 0 Å². The number of amides is 1. The van der Waals surface area contributed by atoms with Crippen LogP contribution in [0.25, 0.3) is 0 Å². The fourth-order valence-electron chi connectivity index (χ4n) is 6.21. The third-order valence-corrected chi connectivity index (χ3v) is 8.12. The summed E-state index contributed by atoms with van der Waals surface area (Å²) in [5.74, 6) is 2.17. The van der Waals surface area contributed by atoms with Gasteiger partial charge in [-0.25, -0.2) is 0 Å². The number of nitrogens with zero attached hydrogens (tertiary/aromatic N) is 3. The molecule has 28 heavy (non-hydrogen) atoms. The van der Waals surface area contributed by atoms with Crippen LogP contribution in [-0.4, -0.2) is 64.0 Å². The van der Waals surface area contributed by atoms with Gasteiger partial charge in [-0.3, -0.25) is 9.59 Å². The Morgan fingerprint density at radius 1 is 1.11 bits per heavy atom. The minimum Gasteiger partial charge on any atom is -0.333 e. The summed E-state index contributed by atoms with van der Waals surface area (Å²) in [6, 6.07) is 4.65. The molecule has 0 unspecified atom stereocenters. The van der Waals surface area contributed by atoms with Crippen molar-refractivity contribution in [2.75, 3.05) is 31.6 Å². The summed E-state index contributed by atoms with van der Waals surface area (Å²) in [5, 5.41) is 0. The summed E-state index contributed by atoms with van der Waals surface area (Å²) in [5.41, 5.74) is 1.51. The number of carbonyl (C=O) groups is 1. The van der Waals surface area contributed by atoms with Crippen molar-refractivity contribution in [3.8, 4) is 0 Å². The average Bonchev–Trinajstić information content (AvgIpc) is 3.29. The van der Waals surface area contributed by atoms with E-state index in [0.717, 1.165) is 57.6 Å². The van der Waals surface area contributed by atoms with Gasteiger partial charge in [-0.05, 0) is 75.1 Å². The first-order chi connectivity index (χ1) is 13.7. The fraction of sp³-hybridized carbons (Fsp3) is 0.727. The largest absolute Gasteiger partial charge is 0.333 e. The lowest BCUT2D eigenvalue weighted by molar-refractivity contribution is 0.0725. The number of rotatable bonds is 5. The minimum atomic E-state index is -0.0423. The number of likely N-dealkylation sites (tertiary alicyclic amines) is 1. The van der Waals surface area contributed by atoms with Crippen LogP contribution < -0.4 is 5.56 Å². The molecule has 4 bridgehead atoms. The van der Waals surface area contributed by atoms with Gasteiger partial charge in [0, 0.05) is 43.3 Å². The van der Waals surface area contributed by atoms with Crippen LogP contribution >= 0.6 is 11.8 Å². The standard InChI is InChI=1S/C22H31N3O2S/c1-28-10-2-9-23-12-15-11-16(14-23)20-8-7-19(21(26)24(20)13-15)22(27)25-17-3-4-18(25)6-5-17/h7-8,15-18H,2-6,9-14H2,1H3/t15-,16+,17?,18?/m0/s1. The van der Waals surface area contributed by atoms with Gasteiger partial charge >= 0.3 is 0 Å². The Kier molecular flexibility index (Phi) is 5.04. The van der Waals surface area contributed by atoms with Crippen molar-refractivity contribution < 1.29 is 4.79 Å². The van der Waals surface area contributed by atoms with E-state index in [1.807, 2.05) is 27.3 Å². The Balaban J connectivity index is 1.38. The fourth-order valence-corrected chi connectivity index (χ4v) is 6.62. The minimum absolute atomic E-state index is 0.0141. The van der Waals surface area contributed by atoms with Gasteiger partial charge in [0.1, 0.15) is 5.56 Å². The van der Waals surface area contributed by atoms with E-state index >= 15 is 0 Å². The molecule has 6 heteroatoms. The average molecular weight is 402 g/mol. The number of hydrogen-bond acceptors (Lipinski definition) is 4. The Morgan fingerprint density at radius 2 is 1.86 bits per heavy atom. The van der Waals surface area contributed by atoms with Gasteiger partial charge in [-0.15, -0.1) is 0 Å². The highest BCUT2D eigenvalue weighted by molar-refractivity contribution is 7.98. The van der Waals surface area contributed by atoms with Gasteiger partial charge in [0.15, 0.2) is 0 Å². The van der Waals surface area contributed by atoms with Crippen molar-refractivity contribution >= 4 is 17.7 Å². The normalized spacial score (nSPS) is 31.2. The van der Waals surface area contributed by atoms with Crippen LogP contribution in [0, 0.1) is 5.92 Å². The predicted molar refractivity (Wildman–Crippen MR) is 113 cm³/mol. The number of hydrogen-bond donors (Lipinski definition) is 0. The smallest absolute Gasteiger partial charge is 0.263 e. The van der Waals surface area contributed by atoms with Crippen LogP contribution in [0.15, 0.2) is 16.9 Å². The summed E-state index contributed by atoms with van der Waals surface area (Å²) in [7, 11) is 0. The van der Waals surface area contributed by atoms with Crippen LogP contribution in [0.1, 0.15) is 60.5 Å². The second-order valence-electron chi connectivity index (χ2n) is 9.17. The lowest BCUT2D eigenvalue weighted by Gasteiger charge is -2.43. The first-order valence-electron chi connectivity index (χ1n) is 10.9. The number of carbonyl (C=O) groups excluding carboxylic acids is 1. The van der Waals surface area contributed by atoms with Gasteiger partial charge in [0.25, 0.3) is 11.5 Å².